The van der Waals surface area contributed by atoms with Gasteiger partial charge in [0.1, 0.15) is 40.5 Å². The van der Waals surface area contributed by atoms with Crippen molar-refractivity contribution in [2.75, 3.05) is 0 Å². The molecule has 0 aromatic heterocycles. The Labute approximate surface area is 148 Å². The maximum absolute atomic E-state index is 12.6. The summed E-state index contributed by atoms with van der Waals surface area (Å²) in [6.07, 6.45) is -5.01. The molecule has 0 heterocycles. The zero-order valence-electron chi connectivity index (χ0n) is 11.2. The van der Waals surface area contributed by atoms with Gasteiger partial charge in [-0.1, -0.05) is 31.9 Å². The molecule has 0 aliphatic heterocycles. The van der Waals surface area contributed by atoms with Crippen LogP contribution in [0.4, 0.5) is 30.7 Å². The van der Waals surface area contributed by atoms with Gasteiger partial charge in [-0.2, -0.15) is 18.4 Å². The van der Waals surface area contributed by atoms with Gasteiger partial charge in [0.05, 0.1) is 0 Å². The van der Waals surface area contributed by atoms with Crippen molar-refractivity contribution in [1.29, 1.82) is 5.26 Å². The predicted octanol–water partition coefficient (Wildman–Crippen LogP) is 6.35. The number of benzene rings is 2. The third-order valence-corrected chi connectivity index (χ3v) is 3.32. The lowest BCUT2D eigenvalue weighted by Gasteiger charge is -2.08. The first-order valence-electron chi connectivity index (χ1n) is 5.73. The minimum Gasteiger partial charge on any atom is -0.206 e. The summed E-state index contributed by atoms with van der Waals surface area (Å²) < 4.78 is 86.5. The molecule has 0 atom stereocenters. The molecule has 2 aromatic carbocycles. The summed E-state index contributed by atoms with van der Waals surface area (Å²) in [5, 5.41) is 8.24. The molecule has 0 saturated carbocycles. The van der Waals surface area contributed by atoms with E-state index < -0.39 is 40.6 Å². The van der Waals surface area contributed by atoms with E-state index in [0.717, 1.165) is 12.1 Å². The number of hydrogen-bond donors (Lipinski definition) is 0. The lowest BCUT2D eigenvalue weighted by molar-refractivity contribution is -0.142. The van der Waals surface area contributed by atoms with E-state index >= 15 is 0 Å². The number of nitrogens with zero attached hydrogens (tertiary/aromatic N) is 1. The zero-order chi connectivity index (χ0) is 18.7. The van der Waals surface area contributed by atoms with Gasteiger partial charge < -0.3 is 0 Å². The van der Waals surface area contributed by atoms with Crippen LogP contribution >= 0.6 is 31.9 Å². The molecule has 0 spiro atoms. The van der Waals surface area contributed by atoms with E-state index in [4.69, 9.17) is 5.26 Å². The molecule has 128 valence electrons. The van der Waals surface area contributed by atoms with Gasteiger partial charge in [0.15, 0.2) is 0 Å². The smallest absolute Gasteiger partial charge is 0.206 e. The quantitative estimate of drug-likeness (QED) is 0.405. The Morgan fingerprint density at radius 3 is 1.38 bits per heavy atom. The van der Waals surface area contributed by atoms with Crippen molar-refractivity contribution in [3.05, 3.63) is 67.6 Å². The summed E-state index contributed by atoms with van der Waals surface area (Å²) in [5.41, 5.74) is -2.41. The van der Waals surface area contributed by atoms with Crippen LogP contribution in [0.15, 0.2) is 33.2 Å². The lowest BCUT2D eigenvalue weighted by Crippen LogP contribution is -2.11. The van der Waals surface area contributed by atoms with Gasteiger partial charge in [0.25, 0.3) is 0 Å². The topological polar surface area (TPSA) is 23.8 Å². The maximum atomic E-state index is 12.6. The maximum Gasteiger partial charge on any atom is 0.422 e. The summed E-state index contributed by atoms with van der Waals surface area (Å²) in [6, 6.07) is 4.63. The molecular formula is C14H4Br2F7N. The summed E-state index contributed by atoms with van der Waals surface area (Å²) in [6.45, 7) is 0. The third-order valence-electron chi connectivity index (χ3n) is 2.41. The van der Waals surface area contributed by atoms with Crippen LogP contribution in [0.25, 0.3) is 0 Å². The Balaban J connectivity index is 0.000000243. The molecule has 0 unspecified atom stereocenters. The van der Waals surface area contributed by atoms with Crippen molar-refractivity contribution >= 4 is 31.9 Å². The largest absolute Gasteiger partial charge is 0.422 e. The number of nitriles is 1. The molecule has 0 fully saturated rings. The summed E-state index contributed by atoms with van der Waals surface area (Å²) in [5.74, 6) is -4.95. The normalized spacial score (nSPS) is 10.7. The van der Waals surface area contributed by atoms with E-state index in [1.54, 1.807) is 0 Å². The first-order valence-corrected chi connectivity index (χ1v) is 7.32. The Bertz CT molecular complexity index is 751. The molecule has 2 rings (SSSR count). The van der Waals surface area contributed by atoms with Crippen molar-refractivity contribution in [2.45, 2.75) is 6.18 Å². The second kappa shape index (κ2) is 7.98. The number of halogens is 9. The monoisotopic (exact) mass is 477 g/mol. The fourth-order valence-electron chi connectivity index (χ4n) is 1.46. The highest BCUT2D eigenvalue weighted by Crippen LogP contribution is 2.34. The lowest BCUT2D eigenvalue weighted by atomic mass is 10.2. The first-order chi connectivity index (χ1) is 11.0. The highest BCUT2D eigenvalue weighted by molar-refractivity contribution is 9.10. The van der Waals surface area contributed by atoms with E-state index in [9.17, 15) is 30.7 Å². The van der Waals surface area contributed by atoms with Crippen molar-refractivity contribution < 1.29 is 30.7 Å². The van der Waals surface area contributed by atoms with Gasteiger partial charge >= 0.3 is 6.18 Å². The van der Waals surface area contributed by atoms with Gasteiger partial charge in [0, 0.05) is 8.95 Å². The van der Waals surface area contributed by atoms with Gasteiger partial charge in [-0.25, -0.2) is 17.6 Å². The van der Waals surface area contributed by atoms with Crippen LogP contribution in [0, 0.1) is 34.6 Å². The molecule has 0 N–H and O–H groups in total. The van der Waals surface area contributed by atoms with Crippen molar-refractivity contribution in [1.82, 2.24) is 0 Å². The van der Waals surface area contributed by atoms with Crippen molar-refractivity contribution in [3.63, 3.8) is 0 Å². The zero-order valence-corrected chi connectivity index (χ0v) is 14.3. The van der Waals surface area contributed by atoms with E-state index in [2.05, 4.69) is 31.9 Å². The molecule has 0 saturated heterocycles. The van der Waals surface area contributed by atoms with Crippen LogP contribution in [0.1, 0.15) is 11.1 Å². The van der Waals surface area contributed by atoms with Crippen LogP contribution < -0.4 is 0 Å². The van der Waals surface area contributed by atoms with Gasteiger partial charge in [-0.05, 0) is 24.3 Å². The van der Waals surface area contributed by atoms with Gasteiger partial charge in [-0.3, -0.25) is 0 Å². The molecule has 0 radical (unpaired) electrons. The fraction of sp³-hybridized carbons (Fsp3) is 0.0714. The molecular weight excluding hydrogens is 475 g/mol. The van der Waals surface area contributed by atoms with Crippen LogP contribution in [-0.4, -0.2) is 0 Å². The highest BCUT2D eigenvalue weighted by atomic mass is 79.9. The Hall–Kier alpha value is -1.60. The standard InChI is InChI=1S/C7H2BrF5.C7H2BrF2N/c8-3-1-4(9)6(5(10)2-3)7(11,12)13;8-4-1-6(9)5(3-11)7(10)2-4/h1-2H;1-2H. The van der Waals surface area contributed by atoms with Gasteiger partial charge in [-0.15, -0.1) is 0 Å². The minimum atomic E-state index is -5.01. The van der Waals surface area contributed by atoms with Crippen LogP contribution in [-0.2, 0) is 6.18 Å². The van der Waals surface area contributed by atoms with Crippen LogP contribution in [0.5, 0.6) is 0 Å². The minimum absolute atomic E-state index is 0.0736. The van der Waals surface area contributed by atoms with Crippen molar-refractivity contribution in [2.24, 2.45) is 0 Å². The molecule has 10 heteroatoms. The van der Waals surface area contributed by atoms with E-state index in [1.807, 2.05) is 0 Å². The Morgan fingerprint density at radius 1 is 0.750 bits per heavy atom. The summed E-state index contributed by atoms with van der Waals surface area (Å²) in [4.78, 5) is 0. The predicted molar refractivity (Wildman–Crippen MR) is 77.8 cm³/mol. The van der Waals surface area contributed by atoms with E-state index in [-0.39, 0.29) is 8.95 Å². The third kappa shape index (κ3) is 5.21. The second-order valence-corrected chi connectivity index (χ2v) is 5.93. The summed E-state index contributed by atoms with van der Waals surface area (Å²) >= 11 is 5.55. The summed E-state index contributed by atoms with van der Waals surface area (Å²) in [7, 11) is 0. The van der Waals surface area contributed by atoms with Crippen LogP contribution in [0.3, 0.4) is 0 Å². The molecule has 0 bridgehead atoms. The Morgan fingerprint density at radius 2 is 1.08 bits per heavy atom. The SMILES string of the molecule is Fc1cc(Br)cc(F)c1C(F)(F)F.N#Cc1c(F)cc(Br)cc1F. The molecule has 24 heavy (non-hydrogen) atoms. The molecule has 0 aliphatic rings. The highest BCUT2D eigenvalue weighted by Gasteiger charge is 2.37. The van der Waals surface area contributed by atoms with E-state index in [1.165, 1.54) is 6.07 Å². The molecule has 0 aliphatic carbocycles. The molecule has 2 aromatic rings. The number of rotatable bonds is 0. The Kier molecular flexibility index (Phi) is 6.80. The first kappa shape index (κ1) is 20.4. The number of hydrogen-bond acceptors (Lipinski definition) is 1. The number of alkyl halides is 3. The van der Waals surface area contributed by atoms with E-state index in [0.29, 0.717) is 12.1 Å². The fourth-order valence-corrected chi connectivity index (χ4v) is 2.27. The average Bonchev–Trinajstić information content (AvgIpc) is 2.35. The molecule has 0 amide bonds. The second-order valence-electron chi connectivity index (χ2n) is 4.10. The average molecular weight is 479 g/mol. The van der Waals surface area contributed by atoms with Crippen molar-refractivity contribution in [3.8, 4) is 6.07 Å². The molecule has 1 nitrogen and oxygen atoms in total. The van der Waals surface area contributed by atoms with Crippen LogP contribution in [0.2, 0.25) is 0 Å². The van der Waals surface area contributed by atoms with Gasteiger partial charge in [0.2, 0.25) is 0 Å².